The Labute approximate surface area is 125 Å². The van der Waals surface area contributed by atoms with Gasteiger partial charge in [0, 0.05) is 32.0 Å². The molecule has 1 saturated heterocycles. The first-order valence-corrected chi connectivity index (χ1v) is 7.53. The first-order valence-electron chi connectivity index (χ1n) is 7.53. The molecule has 1 aliphatic rings. The lowest BCUT2D eigenvalue weighted by molar-refractivity contribution is -0.154. The van der Waals surface area contributed by atoms with E-state index in [9.17, 15) is 19.5 Å². The number of hydrogen-bond donors (Lipinski definition) is 2. The molecular formula is C15H26N2O4. The Kier molecular flexibility index (Phi) is 6.18. The molecule has 0 aliphatic carbocycles. The Morgan fingerprint density at radius 3 is 2.52 bits per heavy atom. The largest absolute Gasteiger partial charge is 0.481 e. The number of carboxylic acid groups (broad SMARTS) is 1. The molecule has 1 heterocycles. The second-order valence-electron chi connectivity index (χ2n) is 6.32. The highest BCUT2D eigenvalue weighted by atomic mass is 16.4. The highest BCUT2D eigenvalue weighted by Crippen LogP contribution is 2.30. The van der Waals surface area contributed by atoms with Crippen LogP contribution in [-0.2, 0) is 14.4 Å². The van der Waals surface area contributed by atoms with Gasteiger partial charge < -0.3 is 15.3 Å². The van der Waals surface area contributed by atoms with Crippen LogP contribution in [0.2, 0.25) is 0 Å². The smallest absolute Gasteiger partial charge is 0.308 e. The van der Waals surface area contributed by atoms with Crippen molar-refractivity contribution < 1.29 is 19.5 Å². The second-order valence-corrected chi connectivity index (χ2v) is 6.32. The fourth-order valence-electron chi connectivity index (χ4n) is 2.82. The summed E-state index contributed by atoms with van der Waals surface area (Å²) in [5.41, 5.74) is 0. The molecule has 0 bridgehead atoms. The van der Waals surface area contributed by atoms with Gasteiger partial charge in [-0.15, -0.1) is 0 Å². The summed E-state index contributed by atoms with van der Waals surface area (Å²) in [6.07, 6.45) is 0.443. The summed E-state index contributed by atoms with van der Waals surface area (Å²) >= 11 is 0. The number of carboxylic acids is 1. The fourth-order valence-corrected chi connectivity index (χ4v) is 2.82. The van der Waals surface area contributed by atoms with E-state index in [4.69, 9.17) is 0 Å². The van der Waals surface area contributed by atoms with Crippen molar-refractivity contribution in [3.05, 3.63) is 0 Å². The van der Waals surface area contributed by atoms with Crippen molar-refractivity contribution in [2.45, 2.75) is 46.6 Å². The SMILES string of the molecule is CC(C)CNC(=O)CCN1C(=O)CC(C)C(C(=O)O)C1C. The molecule has 0 saturated carbocycles. The van der Waals surface area contributed by atoms with Crippen LogP contribution in [-0.4, -0.2) is 46.9 Å². The lowest BCUT2D eigenvalue weighted by Gasteiger charge is -2.40. The van der Waals surface area contributed by atoms with E-state index in [0.717, 1.165) is 0 Å². The van der Waals surface area contributed by atoms with E-state index in [-0.39, 0.29) is 43.2 Å². The number of rotatable bonds is 6. The van der Waals surface area contributed by atoms with Gasteiger partial charge in [0.25, 0.3) is 0 Å². The average Bonchev–Trinajstić information content (AvgIpc) is 2.34. The van der Waals surface area contributed by atoms with Crippen LogP contribution in [0.3, 0.4) is 0 Å². The van der Waals surface area contributed by atoms with Crippen molar-refractivity contribution in [1.29, 1.82) is 0 Å². The third kappa shape index (κ3) is 4.72. The van der Waals surface area contributed by atoms with E-state index < -0.39 is 11.9 Å². The van der Waals surface area contributed by atoms with Gasteiger partial charge in [-0.05, 0) is 18.8 Å². The number of aliphatic carboxylic acids is 1. The lowest BCUT2D eigenvalue weighted by atomic mass is 9.81. The zero-order valence-corrected chi connectivity index (χ0v) is 13.3. The number of likely N-dealkylation sites (tertiary alicyclic amines) is 1. The molecule has 0 aromatic heterocycles. The molecule has 2 amide bonds. The molecular weight excluding hydrogens is 272 g/mol. The van der Waals surface area contributed by atoms with Gasteiger partial charge in [0.2, 0.25) is 11.8 Å². The Bertz CT molecular complexity index is 408. The number of carbonyl (C=O) groups excluding carboxylic acids is 2. The molecule has 1 fully saturated rings. The minimum atomic E-state index is -0.878. The van der Waals surface area contributed by atoms with Crippen LogP contribution in [0.1, 0.15) is 40.5 Å². The normalized spacial score (nSPS) is 26.0. The van der Waals surface area contributed by atoms with E-state index in [0.29, 0.717) is 12.5 Å². The highest BCUT2D eigenvalue weighted by molar-refractivity contribution is 5.83. The first kappa shape index (κ1) is 17.5. The van der Waals surface area contributed by atoms with Gasteiger partial charge in [-0.25, -0.2) is 0 Å². The van der Waals surface area contributed by atoms with E-state index in [2.05, 4.69) is 5.32 Å². The Balaban J connectivity index is 2.58. The summed E-state index contributed by atoms with van der Waals surface area (Å²) in [7, 11) is 0. The minimum absolute atomic E-state index is 0.0656. The second kappa shape index (κ2) is 7.43. The molecule has 120 valence electrons. The molecule has 3 atom stereocenters. The van der Waals surface area contributed by atoms with Crippen LogP contribution < -0.4 is 5.32 Å². The van der Waals surface area contributed by atoms with Crippen molar-refractivity contribution >= 4 is 17.8 Å². The number of nitrogens with zero attached hydrogens (tertiary/aromatic N) is 1. The maximum absolute atomic E-state index is 12.1. The monoisotopic (exact) mass is 298 g/mol. The van der Waals surface area contributed by atoms with Crippen LogP contribution in [0.15, 0.2) is 0 Å². The van der Waals surface area contributed by atoms with E-state index >= 15 is 0 Å². The topological polar surface area (TPSA) is 86.7 Å². The lowest BCUT2D eigenvalue weighted by Crippen LogP contribution is -2.53. The van der Waals surface area contributed by atoms with Gasteiger partial charge in [-0.1, -0.05) is 20.8 Å². The highest BCUT2D eigenvalue weighted by Gasteiger charge is 2.41. The summed E-state index contributed by atoms with van der Waals surface area (Å²) in [6.45, 7) is 8.44. The van der Waals surface area contributed by atoms with Crippen LogP contribution in [0.5, 0.6) is 0 Å². The zero-order chi connectivity index (χ0) is 16.2. The molecule has 6 heteroatoms. The molecule has 21 heavy (non-hydrogen) atoms. The Hall–Kier alpha value is -1.59. The molecule has 3 unspecified atom stereocenters. The minimum Gasteiger partial charge on any atom is -0.481 e. The van der Waals surface area contributed by atoms with E-state index in [1.807, 2.05) is 13.8 Å². The fraction of sp³-hybridized carbons (Fsp3) is 0.800. The number of piperidine rings is 1. The summed E-state index contributed by atoms with van der Waals surface area (Å²) in [5.74, 6) is -1.41. The van der Waals surface area contributed by atoms with E-state index in [1.54, 1.807) is 13.8 Å². The molecule has 0 aromatic rings. The zero-order valence-electron chi connectivity index (χ0n) is 13.3. The third-order valence-corrected chi connectivity index (χ3v) is 4.01. The summed E-state index contributed by atoms with van der Waals surface area (Å²) in [6, 6.07) is -0.378. The summed E-state index contributed by atoms with van der Waals surface area (Å²) < 4.78 is 0. The standard InChI is InChI=1S/C15H26N2O4/c1-9(2)8-16-12(18)5-6-17-11(4)14(15(20)21)10(3)7-13(17)19/h9-11,14H,5-8H2,1-4H3,(H,16,18)(H,20,21). The number of amides is 2. The number of carbonyl (C=O) groups is 3. The van der Waals surface area contributed by atoms with Gasteiger partial charge in [0.15, 0.2) is 0 Å². The van der Waals surface area contributed by atoms with E-state index in [1.165, 1.54) is 4.90 Å². The quantitative estimate of drug-likeness (QED) is 0.769. The van der Waals surface area contributed by atoms with Crippen molar-refractivity contribution in [2.75, 3.05) is 13.1 Å². The van der Waals surface area contributed by atoms with Crippen molar-refractivity contribution in [3.8, 4) is 0 Å². The van der Waals surface area contributed by atoms with Crippen LogP contribution in [0.4, 0.5) is 0 Å². The Morgan fingerprint density at radius 1 is 1.38 bits per heavy atom. The van der Waals surface area contributed by atoms with Gasteiger partial charge >= 0.3 is 5.97 Å². The third-order valence-electron chi connectivity index (χ3n) is 4.01. The maximum Gasteiger partial charge on any atom is 0.308 e. The van der Waals surface area contributed by atoms with Gasteiger partial charge in [0.05, 0.1) is 5.92 Å². The molecule has 0 spiro atoms. The molecule has 2 N–H and O–H groups in total. The van der Waals surface area contributed by atoms with Crippen LogP contribution in [0, 0.1) is 17.8 Å². The average molecular weight is 298 g/mol. The van der Waals surface area contributed by atoms with Crippen molar-refractivity contribution in [1.82, 2.24) is 10.2 Å². The summed E-state index contributed by atoms with van der Waals surface area (Å²) in [5, 5.41) is 12.1. The molecule has 0 aromatic carbocycles. The van der Waals surface area contributed by atoms with Crippen molar-refractivity contribution in [3.63, 3.8) is 0 Å². The first-order chi connectivity index (χ1) is 9.73. The number of hydrogen-bond acceptors (Lipinski definition) is 3. The number of nitrogens with one attached hydrogen (secondary N) is 1. The Morgan fingerprint density at radius 2 is 2.00 bits per heavy atom. The molecule has 1 aliphatic heterocycles. The maximum atomic E-state index is 12.1. The molecule has 0 radical (unpaired) electrons. The summed E-state index contributed by atoms with van der Waals surface area (Å²) in [4.78, 5) is 36.6. The predicted octanol–water partition coefficient (Wildman–Crippen LogP) is 1.11. The molecule has 1 rings (SSSR count). The molecule has 6 nitrogen and oxygen atoms in total. The predicted molar refractivity (Wildman–Crippen MR) is 78.5 cm³/mol. The van der Waals surface area contributed by atoms with Crippen LogP contribution >= 0.6 is 0 Å². The van der Waals surface area contributed by atoms with Gasteiger partial charge in [-0.3, -0.25) is 14.4 Å². The van der Waals surface area contributed by atoms with Crippen LogP contribution in [0.25, 0.3) is 0 Å². The van der Waals surface area contributed by atoms with Crippen molar-refractivity contribution in [2.24, 2.45) is 17.8 Å². The van der Waals surface area contributed by atoms with Gasteiger partial charge in [0.1, 0.15) is 0 Å². The van der Waals surface area contributed by atoms with Gasteiger partial charge in [-0.2, -0.15) is 0 Å².